The zero-order valence-corrected chi connectivity index (χ0v) is 12.4. The molecule has 1 heterocycles. The fourth-order valence-electron chi connectivity index (χ4n) is 2.15. The van der Waals surface area contributed by atoms with Crippen molar-refractivity contribution in [1.82, 2.24) is 10.6 Å². The summed E-state index contributed by atoms with van der Waals surface area (Å²) in [6, 6.07) is 7.17. The number of hydrogen-bond donors (Lipinski definition) is 3. The molecule has 1 aromatic rings. The Kier molecular flexibility index (Phi) is 6.30. The number of rotatable bonds is 5. The second-order valence-electron chi connectivity index (χ2n) is 4.91. The van der Waals surface area contributed by atoms with E-state index in [-0.39, 0.29) is 6.03 Å². The molecule has 6 nitrogen and oxygen atoms in total. The molecule has 1 saturated heterocycles. The first-order chi connectivity index (χ1) is 10.3. The molecule has 6 heteroatoms. The highest BCUT2D eigenvalue weighted by Gasteiger charge is 2.14. The van der Waals surface area contributed by atoms with E-state index in [9.17, 15) is 4.79 Å². The van der Waals surface area contributed by atoms with Crippen molar-refractivity contribution in [2.45, 2.75) is 6.92 Å². The molecule has 116 valence electrons. The van der Waals surface area contributed by atoms with Crippen LogP contribution in [-0.4, -0.2) is 45.5 Å². The van der Waals surface area contributed by atoms with Crippen LogP contribution in [0, 0.1) is 5.92 Å². The van der Waals surface area contributed by atoms with Gasteiger partial charge in [-0.3, -0.25) is 0 Å². The van der Waals surface area contributed by atoms with Crippen molar-refractivity contribution in [3.05, 3.63) is 24.3 Å². The number of anilines is 1. The van der Waals surface area contributed by atoms with Gasteiger partial charge in [-0.2, -0.15) is 0 Å². The molecule has 1 atom stereocenters. The van der Waals surface area contributed by atoms with Crippen LogP contribution in [-0.2, 0) is 4.74 Å². The zero-order chi connectivity index (χ0) is 14.9. The second kappa shape index (κ2) is 8.49. The molecule has 0 spiro atoms. The molecule has 1 fully saturated rings. The quantitative estimate of drug-likeness (QED) is 0.768. The van der Waals surface area contributed by atoms with Crippen molar-refractivity contribution in [2.75, 3.05) is 44.8 Å². The Hall–Kier alpha value is -1.79. The van der Waals surface area contributed by atoms with Gasteiger partial charge >= 0.3 is 6.03 Å². The lowest BCUT2D eigenvalue weighted by molar-refractivity contribution is 0.123. The van der Waals surface area contributed by atoms with Crippen molar-refractivity contribution in [2.24, 2.45) is 5.92 Å². The van der Waals surface area contributed by atoms with Crippen LogP contribution in [0.2, 0.25) is 0 Å². The number of benzene rings is 1. The average Bonchev–Trinajstić information content (AvgIpc) is 2.76. The van der Waals surface area contributed by atoms with Crippen LogP contribution in [0.15, 0.2) is 24.3 Å². The zero-order valence-electron chi connectivity index (χ0n) is 12.4. The Labute approximate surface area is 125 Å². The summed E-state index contributed by atoms with van der Waals surface area (Å²) in [4.78, 5) is 12.0. The Morgan fingerprint density at radius 2 is 2.33 bits per heavy atom. The van der Waals surface area contributed by atoms with Crippen LogP contribution in [0.3, 0.4) is 0 Å². The van der Waals surface area contributed by atoms with Crippen molar-refractivity contribution in [3.8, 4) is 5.75 Å². The first kappa shape index (κ1) is 15.6. The summed E-state index contributed by atoms with van der Waals surface area (Å²) in [5, 5.41) is 8.97. The Balaban J connectivity index is 1.81. The summed E-state index contributed by atoms with van der Waals surface area (Å²) in [6.07, 6.45) is 0. The highest BCUT2D eigenvalue weighted by atomic mass is 16.5. The van der Waals surface area contributed by atoms with E-state index in [1.54, 1.807) is 0 Å². The van der Waals surface area contributed by atoms with Crippen LogP contribution in [0.5, 0.6) is 5.75 Å². The van der Waals surface area contributed by atoms with Crippen LogP contribution in [0.25, 0.3) is 0 Å². The first-order valence-electron chi connectivity index (χ1n) is 7.34. The fourth-order valence-corrected chi connectivity index (χ4v) is 2.15. The molecule has 1 aliphatic heterocycles. The van der Waals surface area contributed by atoms with Crippen LogP contribution < -0.4 is 20.7 Å². The van der Waals surface area contributed by atoms with E-state index >= 15 is 0 Å². The molecular weight excluding hydrogens is 270 g/mol. The van der Waals surface area contributed by atoms with Gasteiger partial charge in [-0.05, 0) is 19.1 Å². The summed E-state index contributed by atoms with van der Waals surface area (Å²) in [6.45, 7) is 6.17. The molecule has 1 aromatic carbocycles. The number of carbonyl (C=O) groups excluding carboxylic acids is 1. The largest absolute Gasteiger partial charge is 0.492 e. The third kappa shape index (κ3) is 5.24. The molecule has 0 radical (unpaired) electrons. The highest BCUT2D eigenvalue weighted by molar-refractivity contribution is 5.90. The summed E-state index contributed by atoms with van der Waals surface area (Å²) < 4.78 is 10.9. The van der Waals surface area contributed by atoms with Crippen LogP contribution >= 0.6 is 0 Å². The minimum Gasteiger partial charge on any atom is -0.492 e. The maximum absolute atomic E-state index is 12.0. The van der Waals surface area contributed by atoms with Gasteiger partial charge in [0.05, 0.1) is 25.5 Å². The molecule has 2 amide bonds. The van der Waals surface area contributed by atoms with E-state index in [0.29, 0.717) is 37.1 Å². The summed E-state index contributed by atoms with van der Waals surface area (Å²) in [7, 11) is 0. The number of amides is 2. The number of nitrogens with one attached hydrogen (secondary N) is 3. The molecule has 0 saturated carbocycles. The number of hydrogen-bond acceptors (Lipinski definition) is 4. The first-order valence-corrected chi connectivity index (χ1v) is 7.34. The van der Waals surface area contributed by atoms with Gasteiger partial charge in [0, 0.05) is 25.6 Å². The van der Waals surface area contributed by atoms with E-state index in [0.717, 1.165) is 19.7 Å². The maximum Gasteiger partial charge on any atom is 0.319 e. The maximum atomic E-state index is 12.0. The van der Waals surface area contributed by atoms with Crippen molar-refractivity contribution in [1.29, 1.82) is 0 Å². The van der Waals surface area contributed by atoms with E-state index in [2.05, 4.69) is 16.0 Å². The number of carbonyl (C=O) groups is 1. The molecule has 3 N–H and O–H groups in total. The molecule has 2 rings (SSSR count). The van der Waals surface area contributed by atoms with Crippen LogP contribution in [0.1, 0.15) is 6.92 Å². The summed E-state index contributed by atoms with van der Waals surface area (Å²) in [5.41, 5.74) is 0.673. The standard InChI is InChI=1S/C15H23N3O3/c1-2-21-14-6-4-3-5-13(14)18-15(19)17-10-12-9-16-7-8-20-11-12/h3-6,12,16H,2,7-11H2,1H3,(H2,17,18,19)/t12-/m1/s1. The average molecular weight is 293 g/mol. The predicted octanol–water partition coefficient (Wildman–Crippen LogP) is 1.44. The number of urea groups is 1. The van der Waals surface area contributed by atoms with E-state index < -0.39 is 0 Å². The molecular formula is C15H23N3O3. The molecule has 0 unspecified atom stereocenters. The van der Waals surface area contributed by atoms with Gasteiger partial charge in [-0.15, -0.1) is 0 Å². The number of para-hydroxylation sites is 2. The third-order valence-corrected chi connectivity index (χ3v) is 3.20. The highest BCUT2D eigenvalue weighted by Crippen LogP contribution is 2.23. The Morgan fingerprint density at radius 1 is 1.48 bits per heavy atom. The Bertz CT molecular complexity index is 446. The van der Waals surface area contributed by atoms with Crippen molar-refractivity contribution >= 4 is 11.7 Å². The number of ether oxygens (including phenoxy) is 2. The topological polar surface area (TPSA) is 71.6 Å². The lowest BCUT2D eigenvalue weighted by Gasteiger charge is -2.16. The van der Waals surface area contributed by atoms with Gasteiger partial charge in [-0.1, -0.05) is 12.1 Å². The monoisotopic (exact) mass is 293 g/mol. The normalized spacial score (nSPS) is 18.6. The van der Waals surface area contributed by atoms with Crippen molar-refractivity contribution < 1.29 is 14.3 Å². The lowest BCUT2D eigenvalue weighted by atomic mass is 10.1. The molecule has 0 bridgehead atoms. The fraction of sp³-hybridized carbons (Fsp3) is 0.533. The summed E-state index contributed by atoms with van der Waals surface area (Å²) >= 11 is 0. The van der Waals surface area contributed by atoms with Crippen LogP contribution in [0.4, 0.5) is 10.5 Å². The SMILES string of the molecule is CCOc1ccccc1NC(=O)NC[C@H]1CNCCOC1. The van der Waals surface area contributed by atoms with Gasteiger partial charge in [0.1, 0.15) is 5.75 Å². The van der Waals surface area contributed by atoms with E-state index in [4.69, 9.17) is 9.47 Å². The smallest absolute Gasteiger partial charge is 0.319 e. The van der Waals surface area contributed by atoms with Gasteiger partial charge < -0.3 is 25.4 Å². The van der Waals surface area contributed by atoms with Gasteiger partial charge in [0.2, 0.25) is 0 Å². The van der Waals surface area contributed by atoms with Gasteiger partial charge in [0.25, 0.3) is 0 Å². The van der Waals surface area contributed by atoms with Gasteiger partial charge in [0.15, 0.2) is 0 Å². The minimum atomic E-state index is -0.230. The predicted molar refractivity (Wildman–Crippen MR) is 81.8 cm³/mol. The third-order valence-electron chi connectivity index (χ3n) is 3.20. The van der Waals surface area contributed by atoms with Gasteiger partial charge in [-0.25, -0.2) is 4.79 Å². The molecule has 1 aliphatic rings. The molecule has 21 heavy (non-hydrogen) atoms. The summed E-state index contributed by atoms with van der Waals surface area (Å²) in [5.74, 6) is 0.968. The Morgan fingerprint density at radius 3 is 3.19 bits per heavy atom. The second-order valence-corrected chi connectivity index (χ2v) is 4.91. The molecule has 0 aliphatic carbocycles. The molecule has 0 aromatic heterocycles. The lowest BCUT2D eigenvalue weighted by Crippen LogP contribution is -2.37. The van der Waals surface area contributed by atoms with E-state index in [1.165, 1.54) is 0 Å². The minimum absolute atomic E-state index is 0.230. The van der Waals surface area contributed by atoms with Crippen molar-refractivity contribution in [3.63, 3.8) is 0 Å². The van der Waals surface area contributed by atoms with E-state index in [1.807, 2.05) is 31.2 Å².